The van der Waals surface area contributed by atoms with Crippen molar-refractivity contribution in [2.45, 2.75) is 32.4 Å². The van der Waals surface area contributed by atoms with Gasteiger partial charge in [0.05, 0.1) is 18.3 Å². The number of nitriles is 1. The van der Waals surface area contributed by atoms with Gasteiger partial charge in [-0.1, -0.05) is 29.8 Å². The summed E-state index contributed by atoms with van der Waals surface area (Å²) in [7, 11) is 0. The Bertz CT molecular complexity index is 763. The molecule has 1 atom stereocenters. The van der Waals surface area contributed by atoms with Gasteiger partial charge in [-0.15, -0.1) is 0 Å². The molecule has 2 aromatic rings. The van der Waals surface area contributed by atoms with Crippen molar-refractivity contribution >= 4 is 0 Å². The molecule has 1 aliphatic rings. The summed E-state index contributed by atoms with van der Waals surface area (Å²) in [6.45, 7) is 3.27. The summed E-state index contributed by atoms with van der Waals surface area (Å²) in [5.74, 6) is 0. The second-order valence-corrected chi connectivity index (χ2v) is 5.66. The second kappa shape index (κ2) is 6.17. The van der Waals surface area contributed by atoms with Crippen molar-refractivity contribution in [1.29, 1.82) is 5.26 Å². The van der Waals surface area contributed by atoms with E-state index in [9.17, 15) is 4.79 Å². The molecular formula is C18H18N2O2. The fraction of sp³-hybridized carbons (Fsp3) is 0.333. The van der Waals surface area contributed by atoms with Crippen LogP contribution in [0, 0.1) is 18.3 Å². The summed E-state index contributed by atoms with van der Waals surface area (Å²) < 4.78 is 7.33. The molecule has 1 aliphatic heterocycles. The van der Waals surface area contributed by atoms with Gasteiger partial charge in [-0.25, -0.2) is 0 Å². The van der Waals surface area contributed by atoms with Gasteiger partial charge in [0.1, 0.15) is 11.6 Å². The van der Waals surface area contributed by atoms with Crippen LogP contribution in [0.2, 0.25) is 0 Å². The summed E-state index contributed by atoms with van der Waals surface area (Å²) in [6, 6.07) is 13.5. The minimum atomic E-state index is -0.240. The van der Waals surface area contributed by atoms with Crippen molar-refractivity contribution in [3.8, 4) is 17.3 Å². The standard InChI is InChI=1S/C18H18N2O2/c1-13-4-6-14(7-5-13)17-9-8-15(11-19)18(21)20(17)12-16-3-2-10-22-16/h4-9,16H,2-3,10,12H2,1H3. The SMILES string of the molecule is Cc1ccc(-c2ccc(C#N)c(=O)n2CC2CCCO2)cc1. The lowest BCUT2D eigenvalue weighted by Crippen LogP contribution is -2.29. The third-order valence-electron chi connectivity index (χ3n) is 4.05. The highest BCUT2D eigenvalue weighted by molar-refractivity contribution is 5.60. The van der Waals surface area contributed by atoms with Crippen LogP contribution in [0.5, 0.6) is 0 Å². The van der Waals surface area contributed by atoms with E-state index < -0.39 is 0 Å². The van der Waals surface area contributed by atoms with Gasteiger partial charge in [-0.3, -0.25) is 4.79 Å². The number of aryl methyl sites for hydroxylation is 1. The number of benzene rings is 1. The van der Waals surface area contributed by atoms with Crippen LogP contribution < -0.4 is 5.56 Å². The van der Waals surface area contributed by atoms with E-state index in [-0.39, 0.29) is 17.2 Å². The number of nitrogens with zero attached hydrogens (tertiary/aromatic N) is 2. The fourth-order valence-corrected chi connectivity index (χ4v) is 2.81. The van der Waals surface area contributed by atoms with Crippen molar-refractivity contribution in [2.75, 3.05) is 6.61 Å². The summed E-state index contributed by atoms with van der Waals surface area (Å²) in [6.07, 6.45) is 2.03. The molecule has 1 fully saturated rings. The zero-order chi connectivity index (χ0) is 15.5. The van der Waals surface area contributed by atoms with Crippen molar-refractivity contribution in [3.63, 3.8) is 0 Å². The first kappa shape index (κ1) is 14.6. The largest absolute Gasteiger partial charge is 0.376 e. The van der Waals surface area contributed by atoms with Crippen molar-refractivity contribution in [2.24, 2.45) is 0 Å². The summed E-state index contributed by atoms with van der Waals surface area (Å²) >= 11 is 0. The third kappa shape index (κ3) is 2.81. The minimum absolute atomic E-state index is 0.0517. The molecule has 1 aromatic carbocycles. The van der Waals surface area contributed by atoms with Crippen LogP contribution in [0.3, 0.4) is 0 Å². The van der Waals surface area contributed by atoms with E-state index in [2.05, 4.69) is 0 Å². The Balaban J connectivity index is 2.08. The van der Waals surface area contributed by atoms with Crippen LogP contribution in [0.4, 0.5) is 0 Å². The monoisotopic (exact) mass is 294 g/mol. The van der Waals surface area contributed by atoms with Crippen LogP contribution in [0.25, 0.3) is 11.3 Å². The van der Waals surface area contributed by atoms with E-state index in [1.165, 1.54) is 5.56 Å². The van der Waals surface area contributed by atoms with E-state index in [0.29, 0.717) is 6.54 Å². The molecule has 1 unspecified atom stereocenters. The Kier molecular flexibility index (Phi) is 4.08. The lowest BCUT2D eigenvalue weighted by atomic mass is 10.1. The number of rotatable bonds is 3. The lowest BCUT2D eigenvalue weighted by molar-refractivity contribution is 0.0965. The summed E-state index contributed by atoms with van der Waals surface area (Å²) in [5, 5.41) is 9.11. The molecule has 0 spiro atoms. The summed E-state index contributed by atoms with van der Waals surface area (Å²) in [5.41, 5.74) is 2.92. The van der Waals surface area contributed by atoms with Gasteiger partial charge >= 0.3 is 0 Å². The molecule has 3 rings (SSSR count). The average molecular weight is 294 g/mol. The van der Waals surface area contributed by atoms with Crippen LogP contribution >= 0.6 is 0 Å². The molecule has 2 heterocycles. The quantitative estimate of drug-likeness (QED) is 0.874. The predicted molar refractivity (Wildman–Crippen MR) is 84.6 cm³/mol. The van der Waals surface area contributed by atoms with E-state index in [1.54, 1.807) is 10.6 Å². The molecular weight excluding hydrogens is 276 g/mol. The predicted octanol–water partition coefficient (Wildman–Crippen LogP) is 2.87. The molecule has 0 N–H and O–H groups in total. The number of pyridine rings is 1. The zero-order valence-electron chi connectivity index (χ0n) is 12.6. The minimum Gasteiger partial charge on any atom is -0.376 e. The second-order valence-electron chi connectivity index (χ2n) is 5.66. The van der Waals surface area contributed by atoms with Crippen LogP contribution in [-0.4, -0.2) is 17.3 Å². The highest BCUT2D eigenvalue weighted by atomic mass is 16.5. The van der Waals surface area contributed by atoms with Crippen molar-refractivity contribution in [1.82, 2.24) is 4.57 Å². The van der Waals surface area contributed by atoms with Gasteiger partial charge in [-0.05, 0) is 37.5 Å². The Morgan fingerprint density at radius 2 is 2.05 bits per heavy atom. The highest BCUT2D eigenvalue weighted by Gasteiger charge is 2.19. The van der Waals surface area contributed by atoms with Gasteiger partial charge in [0.25, 0.3) is 5.56 Å². The molecule has 1 aromatic heterocycles. The Morgan fingerprint density at radius 3 is 2.68 bits per heavy atom. The molecule has 4 heteroatoms. The highest BCUT2D eigenvalue weighted by Crippen LogP contribution is 2.21. The van der Waals surface area contributed by atoms with Crippen LogP contribution in [-0.2, 0) is 11.3 Å². The van der Waals surface area contributed by atoms with E-state index in [0.717, 1.165) is 30.7 Å². The smallest absolute Gasteiger partial charge is 0.269 e. The van der Waals surface area contributed by atoms with Gasteiger partial charge < -0.3 is 9.30 Å². The number of aromatic nitrogens is 1. The molecule has 1 saturated heterocycles. The third-order valence-corrected chi connectivity index (χ3v) is 4.05. The number of ether oxygens (including phenoxy) is 1. The molecule has 0 bridgehead atoms. The zero-order valence-corrected chi connectivity index (χ0v) is 12.6. The van der Waals surface area contributed by atoms with E-state index >= 15 is 0 Å². The molecule has 0 saturated carbocycles. The molecule has 22 heavy (non-hydrogen) atoms. The Hall–Kier alpha value is -2.38. The maximum atomic E-state index is 12.5. The van der Waals surface area contributed by atoms with Gasteiger partial charge in [-0.2, -0.15) is 5.26 Å². The lowest BCUT2D eigenvalue weighted by Gasteiger charge is -2.17. The van der Waals surface area contributed by atoms with Gasteiger partial charge in [0.15, 0.2) is 0 Å². The fourth-order valence-electron chi connectivity index (χ4n) is 2.81. The van der Waals surface area contributed by atoms with E-state index in [4.69, 9.17) is 10.00 Å². The van der Waals surface area contributed by atoms with E-state index in [1.807, 2.05) is 43.3 Å². The average Bonchev–Trinajstić information content (AvgIpc) is 3.03. The first-order valence-corrected chi connectivity index (χ1v) is 7.51. The number of hydrogen-bond donors (Lipinski definition) is 0. The molecule has 0 radical (unpaired) electrons. The van der Waals surface area contributed by atoms with Crippen molar-refractivity contribution < 1.29 is 4.74 Å². The topological polar surface area (TPSA) is 55.0 Å². The first-order chi connectivity index (χ1) is 10.7. The normalized spacial score (nSPS) is 17.4. The van der Waals surface area contributed by atoms with Crippen LogP contribution in [0.1, 0.15) is 24.0 Å². The molecule has 112 valence electrons. The summed E-state index contributed by atoms with van der Waals surface area (Å²) in [4.78, 5) is 12.5. The Labute approximate surface area is 129 Å². The van der Waals surface area contributed by atoms with Gasteiger partial charge in [0, 0.05) is 6.61 Å². The number of hydrogen-bond acceptors (Lipinski definition) is 3. The Morgan fingerprint density at radius 1 is 1.27 bits per heavy atom. The maximum Gasteiger partial charge on any atom is 0.269 e. The van der Waals surface area contributed by atoms with Gasteiger partial charge in [0.2, 0.25) is 0 Å². The van der Waals surface area contributed by atoms with Crippen LogP contribution in [0.15, 0.2) is 41.2 Å². The molecule has 4 nitrogen and oxygen atoms in total. The first-order valence-electron chi connectivity index (χ1n) is 7.51. The maximum absolute atomic E-state index is 12.5. The molecule has 0 amide bonds. The van der Waals surface area contributed by atoms with Crippen molar-refractivity contribution in [3.05, 3.63) is 57.9 Å². The molecule has 0 aliphatic carbocycles.